The number of nitrogens with two attached hydrogens (primary N) is 1. The molecule has 0 spiro atoms. The normalized spacial score (nSPS) is 17.3. The van der Waals surface area contributed by atoms with Crippen molar-refractivity contribution >= 4 is 0 Å². The summed E-state index contributed by atoms with van der Waals surface area (Å²) in [6, 6.07) is 1.81. The van der Waals surface area contributed by atoms with Gasteiger partial charge in [-0.25, -0.2) is 4.98 Å². The predicted octanol–water partition coefficient (Wildman–Crippen LogP) is 1.09. The van der Waals surface area contributed by atoms with E-state index in [1.165, 1.54) is 0 Å². The monoisotopic (exact) mass is 208 g/mol. The van der Waals surface area contributed by atoms with Gasteiger partial charge in [-0.3, -0.25) is 0 Å². The van der Waals surface area contributed by atoms with E-state index in [1.807, 2.05) is 12.3 Å². The molecule has 4 heteroatoms. The van der Waals surface area contributed by atoms with Gasteiger partial charge in [0.25, 0.3) is 0 Å². The van der Waals surface area contributed by atoms with Gasteiger partial charge < -0.3 is 15.2 Å². The third kappa shape index (κ3) is 1.65. The number of nitrogens with zero attached hydrogens (tertiary/aromatic N) is 1. The fraction of sp³-hybridized carbons (Fsp3) is 0.545. The zero-order chi connectivity index (χ0) is 10.9. The van der Waals surface area contributed by atoms with Crippen molar-refractivity contribution in [2.75, 3.05) is 20.8 Å². The molecule has 0 aliphatic heterocycles. The number of aromatic nitrogens is 1. The second-order valence-corrected chi connectivity index (χ2v) is 3.91. The number of methoxy groups -OCH3 is 2. The van der Waals surface area contributed by atoms with E-state index in [4.69, 9.17) is 15.2 Å². The minimum Gasteiger partial charge on any atom is -0.496 e. The van der Waals surface area contributed by atoms with E-state index in [0.717, 1.165) is 24.2 Å². The molecule has 1 aromatic heterocycles. The molecule has 1 heterocycles. The van der Waals surface area contributed by atoms with Crippen molar-refractivity contribution in [3.8, 4) is 11.6 Å². The molecule has 1 aliphatic carbocycles. The summed E-state index contributed by atoms with van der Waals surface area (Å²) in [6.45, 7) is 0.650. The Kier molecular flexibility index (Phi) is 2.52. The molecule has 0 aromatic carbocycles. The summed E-state index contributed by atoms with van der Waals surface area (Å²) in [5, 5.41) is 0. The Bertz CT molecular complexity index is 362. The van der Waals surface area contributed by atoms with E-state index in [-0.39, 0.29) is 5.41 Å². The van der Waals surface area contributed by atoms with Crippen LogP contribution in [0.4, 0.5) is 0 Å². The molecule has 4 nitrogen and oxygen atoms in total. The lowest BCUT2D eigenvalue weighted by molar-refractivity contribution is 0.376. The zero-order valence-electron chi connectivity index (χ0n) is 9.12. The van der Waals surface area contributed by atoms with Crippen LogP contribution in [-0.2, 0) is 5.41 Å². The fourth-order valence-electron chi connectivity index (χ4n) is 1.83. The van der Waals surface area contributed by atoms with Gasteiger partial charge in [-0.1, -0.05) is 0 Å². The first-order valence-corrected chi connectivity index (χ1v) is 5.04. The summed E-state index contributed by atoms with van der Waals surface area (Å²) in [5.74, 6) is 1.40. The van der Waals surface area contributed by atoms with Crippen LogP contribution in [0.2, 0.25) is 0 Å². The van der Waals surface area contributed by atoms with E-state index in [1.54, 1.807) is 14.2 Å². The van der Waals surface area contributed by atoms with E-state index < -0.39 is 0 Å². The molecular weight excluding hydrogens is 192 g/mol. The van der Waals surface area contributed by atoms with Crippen LogP contribution in [0.3, 0.4) is 0 Å². The lowest BCUT2D eigenvalue weighted by Gasteiger charge is -2.16. The van der Waals surface area contributed by atoms with Crippen molar-refractivity contribution in [1.29, 1.82) is 0 Å². The first kappa shape index (κ1) is 10.2. The van der Waals surface area contributed by atoms with E-state index in [9.17, 15) is 0 Å². The molecule has 0 radical (unpaired) electrons. The maximum atomic E-state index is 5.78. The minimum absolute atomic E-state index is 0.102. The third-order valence-corrected chi connectivity index (χ3v) is 3.09. The van der Waals surface area contributed by atoms with Crippen LogP contribution in [0.15, 0.2) is 12.3 Å². The first-order valence-electron chi connectivity index (χ1n) is 5.04. The SMILES string of the molecule is COc1cc(OC)c(C2(CN)CC2)cn1. The molecule has 2 N–H and O–H groups in total. The fourth-order valence-corrected chi connectivity index (χ4v) is 1.83. The van der Waals surface area contributed by atoms with Crippen LogP contribution in [0.5, 0.6) is 11.6 Å². The maximum Gasteiger partial charge on any atom is 0.216 e. The van der Waals surface area contributed by atoms with Gasteiger partial charge in [-0.2, -0.15) is 0 Å². The van der Waals surface area contributed by atoms with Crippen molar-refractivity contribution in [2.24, 2.45) is 5.73 Å². The predicted molar refractivity (Wildman–Crippen MR) is 57.3 cm³/mol. The van der Waals surface area contributed by atoms with Crippen molar-refractivity contribution < 1.29 is 9.47 Å². The highest BCUT2D eigenvalue weighted by Crippen LogP contribution is 2.50. The molecule has 1 aliphatic rings. The molecule has 2 rings (SSSR count). The van der Waals surface area contributed by atoms with Crippen molar-refractivity contribution in [2.45, 2.75) is 18.3 Å². The van der Waals surface area contributed by atoms with Crippen molar-refractivity contribution in [3.63, 3.8) is 0 Å². The standard InChI is InChI=1S/C11H16N2O2/c1-14-9-5-10(15-2)13-6-8(9)11(7-12)3-4-11/h5-6H,3-4,7,12H2,1-2H3. The first-order chi connectivity index (χ1) is 7.25. The van der Waals surface area contributed by atoms with Crippen LogP contribution in [0, 0.1) is 0 Å². The highest BCUT2D eigenvalue weighted by molar-refractivity contribution is 5.44. The highest BCUT2D eigenvalue weighted by atomic mass is 16.5. The average molecular weight is 208 g/mol. The summed E-state index contributed by atoms with van der Waals surface area (Å²) in [5.41, 5.74) is 6.99. The van der Waals surface area contributed by atoms with E-state index in [0.29, 0.717) is 12.4 Å². The Balaban J connectivity index is 2.39. The van der Waals surface area contributed by atoms with Gasteiger partial charge in [-0.05, 0) is 12.8 Å². The molecule has 1 aromatic rings. The van der Waals surface area contributed by atoms with E-state index in [2.05, 4.69) is 4.98 Å². The minimum atomic E-state index is 0.102. The molecule has 1 fully saturated rings. The maximum absolute atomic E-state index is 5.78. The summed E-state index contributed by atoms with van der Waals surface area (Å²) in [4.78, 5) is 4.20. The van der Waals surface area contributed by atoms with Gasteiger partial charge >= 0.3 is 0 Å². The Labute approximate surface area is 89.4 Å². The summed E-state index contributed by atoms with van der Waals surface area (Å²) in [6.07, 6.45) is 4.05. The summed E-state index contributed by atoms with van der Waals surface area (Å²) >= 11 is 0. The second-order valence-electron chi connectivity index (χ2n) is 3.91. The molecule has 82 valence electrons. The number of rotatable bonds is 4. The Morgan fingerprint density at radius 2 is 2.13 bits per heavy atom. The molecule has 15 heavy (non-hydrogen) atoms. The zero-order valence-corrected chi connectivity index (χ0v) is 9.12. The Morgan fingerprint density at radius 3 is 2.60 bits per heavy atom. The molecule has 0 unspecified atom stereocenters. The molecule has 0 bridgehead atoms. The second kappa shape index (κ2) is 3.70. The quantitative estimate of drug-likeness (QED) is 0.804. The van der Waals surface area contributed by atoms with Gasteiger partial charge in [0.2, 0.25) is 5.88 Å². The number of ether oxygens (including phenoxy) is 2. The average Bonchev–Trinajstić information content (AvgIpc) is 3.09. The van der Waals surface area contributed by atoms with Gasteiger partial charge in [0, 0.05) is 29.8 Å². The smallest absolute Gasteiger partial charge is 0.216 e. The van der Waals surface area contributed by atoms with Gasteiger partial charge in [-0.15, -0.1) is 0 Å². The highest BCUT2D eigenvalue weighted by Gasteiger charge is 2.45. The largest absolute Gasteiger partial charge is 0.496 e. The molecular formula is C11H16N2O2. The van der Waals surface area contributed by atoms with E-state index >= 15 is 0 Å². The van der Waals surface area contributed by atoms with Gasteiger partial charge in [0.1, 0.15) is 5.75 Å². The Morgan fingerprint density at radius 1 is 1.40 bits per heavy atom. The molecule has 0 amide bonds. The van der Waals surface area contributed by atoms with Crippen molar-refractivity contribution in [1.82, 2.24) is 4.98 Å². The van der Waals surface area contributed by atoms with Crippen LogP contribution in [0.25, 0.3) is 0 Å². The third-order valence-electron chi connectivity index (χ3n) is 3.09. The number of hydrogen-bond donors (Lipinski definition) is 1. The molecule has 0 atom stereocenters. The van der Waals surface area contributed by atoms with Gasteiger partial charge in [0.05, 0.1) is 14.2 Å². The lowest BCUT2D eigenvalue weighted by Crippen LogP contribution is -2.20. The lowest BCUT2D eigenvalue weighted by atomic mass is 9.97. The topological polar surface area (TPSA) is 57.4 Å². The van der Waals surface area contributed by atoms with Crippen molar-refractivity contribution in [3.05, 3.63) is 17.8 Å². The Hall–Kier alpha value is -1.29. The van der Waals surface area contributed by atoms with Crippen LogP contribution >= 0.6 is 0 Å². The summed E-state index contributed by atoms with van der Waals surface area (Å²) < 4.78 is 10.4. The van der Waals surface area contributed by atoms with Crippen LogP contribution in [-0.4, -0.2) is 25.7 Å². The number of pyridine rings is 1. The van der Waals surface area contributed by atoms with Gasteiger partial charge in [0.15, 0.2) is 0 Å². The molecule has 1 saturated carbocycles. The molecule has 0 saturated heterocycles. The summed E-state index contributed by atoms with van der Waals surface area (Å²) in [7, 11) is 3.25. The number of hydrogen-bond acceptors (Lipinski definition) is 4. The van der Waals surface area contributed by atoms with Crippen LogP contribution < -0.4 is 15.2 Å². The van der Waals surface area contributed by atoms with Crippen LogP contribution in [0.1, 0.15) is 18.4 Å².